The Balaban J connectivity index is -0.000000189. The van der Waals surface area contributed by atoms with Gasteiger partial charge in [-0.15, -0.1) is 23.2 Å². The second-order valence-corrected chi connectivity index (χ2v) is 11.0. The molecule has 2 rings (SSSR count). The second kappa shape index (κ2) is 30.8. The largest absolute Gasteiger partial charge is 1.00 e. The molecule has 0 aliphatic carbocycles. The molecule has 35 heavy (non-hydrogen) atoms. The molecule has 2 heterocycles. The molecule has 10 heteroatoms. The first kappa shape index (κ1) is 42.6. The van der Waals surface area contributed by atoms with Crippen molar-refractivity contribution in [1.29, 1.82) is 0 Å². The summed E-state index contributed by atoms with van der Waals surface area (Å²) in [7, 11) is 0. The van der Waals surface area contributed by atoms with Gasteiger partial charge in [0, 0.05) is 27.8 Å². The van der Waals surface area contributed by atoms with E-state index >= 15 is 0 Å². The zero-order valence-corrected chi connectivity index (χ0v) is 27.9. The number of hydrogen-bond acceptors (Lipinski definition) is 4. The summed E-state index contributed by atoms with van der Waals surface area (Å²) in [5, 5.41) is 9.90. The Morgan fingerprint density at radius 3 is 1.66 bits per heavy atom. The van der Waals surface area contributed by atoms with E-state index in [1.54, 1.807) is 12.4 Å². The van der Waals surface area contributed by atoms with Crippen molar-refractivity contribution in [2.45, 2.75) is 66.4 Å². The van der Waals surface area contributed by atoms with Gasteiger partial charge in [-0.05, 0) is 90.3 Å². The van der Waals surface area contributed by atoms with E-state index in [2.05, 4.69) is 85.5 Å². The fraction of sp³-hybridized carbons (Fsp3) is 0.520. The molecule has 0 aliphatic rings. The van der Waals surface area contributed by atoms with Crippen LogP contribution in [0.5, 0.6) is 0 Å². The maximum Gasteiger partial charge on any atom is 1.00 e. The fourth-order valence-corrected chi connectivity index (χ4v) is 2.41. The van der Waals surface area contributed by atoms with Crippen LogP contribution in [0.1, 0.15) is 72.1 Å². The van der Waals surface area contributed by atoms with Crippen molar-refractivity contribution < 1.29 is 28.8 Å². The quantitative estimate of drug-likeness (QED) is 0.118. The number of alkyl halides is 2. The molecule has 0 bridgehead atoms. The van der Waals surface area contributed by atoms with Crippen LogP contribution >= 0.6 is 71.0 Å². The number of carbonyl (C=O) groups excluding carboxylic acids is 1. The van der Waals surface area contributed by atoms with Crippen LogP contribution in [0.4, 0.5) is 0 Å². The molecule has 0 radical (unpaired) electrons. The molecule has 196 valence electrons. The minimum Gasteiger partial charge on any atom is -0.387 e. The van der Waals surface area contributed by atoms with Gasteiger partial charge in [0.05, 0.1) is 17.1 Å². The predicted molar refractivity (Wildman–Crippen MR) is 158 cm³/mol. The van der Waals surface area contributed by atoms with Crippen molar-refractivity contribution in [3.8, 4) is 0 Å². The fourth-order valence-electron chi connectivity index (χ4n) is 1.70. The van der Waals surface area contributed by atoms with Crippen LogP contribution in [-0.2, 0) is 4.79 Å². The number of aromatic nitrogens is 2. The SMILES string of the molecule is Brc1ccc(Br)nc1.CC(C)CC(O)c1ccc(Br)cn1.CC(C)CC=O.ClCCl.[CH2-]CCC.[Li+]. The minimum atomic E-state index is -0.437. The smallest absolute Gasteiger partial charge is 0.387 e. The number of nitrogens with zero attached hydrogens (tertiary/aromatic N) is 2. The molecule has 0 saturated heterocycles. The van der Waals surface area contributed by atoms with Crippen molar-refractivity contribution in [2.24, 2.45) is 11.8 Å². The molecule has 0 amide bonds. The van der Waals surface area contributed by atoms with Gasteiger partial charge in [-0.1, -0.05) is 41.0 Å². The van der Waals surface area contributed by atoms with Crippen LogP contribution in [0.15, 0.2) is 50.2 Å². The van der Waals surface area contributed by atoms with E-state index in [0.717, 1.165) is 38.4 Å². The summed E-state index contributed by atoms with van der Waals surface area (Å²) in [6.45, 7) is 13.9. The molecule has 0 fully saturated rings. The first-order valence-corrected chi connectivity index (χ1v) is 14.3. The molecule has 0 saturated carbocycles. The number of carbonyl (C=O) groups is 1. The van der Waals surface area contributed by atoms with Crippen LogP contribution < -0.4 is 18.9 Å². The van der Waals surface area contributed by atoms with Gasteiger partial charge < -0.3 is 16.8 Å². The predicted octanol–water partition coefficient (Wildman–Crippen LogP) is 6.81. The molecule has 0 aliphatic heterocycles. The average Bonchev–Trinajstić information content (AvgIpc) is 2.77. The van der Waals surface area contributed by atoms with Crippen molar-refractivity contribution in [2.75, 3.05) is 5.34 Å². The third-order valence-electron chi connectivity index (χ3n) is 3.40. The van der Waals surface area contributed by atoms with E-state index in [4.69, 9.17) is 23.2 Å². The van der Waals surface area contributed by atoms with Gasteiger partial charge in [0.25, 0.3) is 0 Å². The van der Waals surface area contributed by atoms with Gasteiger partial charge in [0.15, 0.2) is 0 Å². The summed E-state index contributed by atoms with van der Waals surface area (Å²) in [5.41, 5.74) is 0.747. The molecule has 0 aromatic carbocycles. The first-order valence-electron chi connectivity index (χ1n) is 10.9. The monoisotopic (exact) mass is 712 g/mol. The Labute approximate surface area is 260 Å². The molecular formula is C25H38Br3Cl2LiN2O2. The van der Waals surface area contributed by atoms with Gasteiger partial charge in [0.1, 0.15) is 10.9 Å². The Kier molecular flexibility index (Phi) is 37.5. The van der Waals surface area contributed by atoms with Gasteiger partial charge in [-0.25, -0.2) is 4.98 Å². The van der Waals surface area contributed by atoms with Crippen LogP contribution in [-0.4, -0.2) is 26.7 Å². The van der Waals surface area contributed by atoms with Crippen molar-refractivity contribution >= 4 is 77.3 Å². The van der Waals surface area contributed by atoms with Crippen LogP contribution in [0.2, 0.25) is 0 Å². The zero-order chi connectivity index (χ0) is 26.9. The van der Waals surface area contributed by atoms with Gasteiger partial charge in [-0.2, -0.15) is 6.42 Å². The molecule has 2 aromatic heterocycles. The Hall–Kier alpha value is 0.547. The van der Waals surface area contributed by atoms with E-state index in [1.807, 2.05) is 38.1 Å². The molecular weight excluding hydrogens is 678 g/mol. The van der Waals surface area contributed by atoms with E-state index < -0.39 is 6.10 Å². The summed E-state index contributed by atoms with van der Waals surface area (Å²) in [5.74, 6) is 1.02. The summed E-state index contributed by atoms with van der Waals surface area (Å²) in [6.07, 6.45) is 7.69. The number of halogens is 5. The Bertz CT molecular complexity index is 673. The maximum atomic E-state index is 9.70. The average molecular weight is 716 g/mol. The molecule has 1 N–H and O–H groups in total. The van der Waals surface area contributed by atoms with Crippen molar-refractivity contribution in [3.63, 3.8) is 0 Å². The number of aldehydes is 1. The second-order valence-electron chi connectivity index (χ2n) is 7.60. The topological polar surface area (TPSA) is 63.1 Å². The van der Waals surface area contributed by atoms with Gasteiger partial charge >= 0.3 is 18.9 Å². The number of rotatable bonds is 6. The third-order valence-corrected chi connectivity index (χ3v) is 4.81. The van der Waals surface area contributed by atoms with Crippen LogP contribution in [0.25, 0.3) is 0 Å². The number of hydrogen-bond donors (Lipinski definition) is 1. The summed E-state index contributed by atoms with van der Waals surface area (Å²) in [4.78, 5) is 17.7. The van der Waals surface area contributed by atoms with Crippen molar-refractivity contribution in [3.05, 3.63) is 62.8 Å². The molecule has 4 nitrogen and oxygen atoms in total. The molecule has 2 aromatic rings. The number of aliphatic hydroxyl groups is 1. The van der Waals surface area contributed by atoms with Crippen LogP contribution in [0, 0.1) is 18.8 Å². The van der Waals surface area contributed by atoms with E-state index in [-0.39, 0.29) is 24.2 Å². The normalized spacial score (nSPS) is 10.0. The van der Waals surface area contributed by atoms with E-state index in [9.17, 15) is 9.90 Å². The standard InChI is InChI=1S/C10H14BrNO.C5H3Br2N.C5H10O.C4H9.CH2Cl2.Li/c1-7(2)5-10(13)9-4-3-8(11)6-12-9;6-4-1-2-5(7)8-3-4;1-5(2)3-4-6;1-3-4-2;2-1-3;/h3-4,6-7,10,13H,5H2,1-2H3;1-3H;4-5H,3H2,1-2H3;1,3-4H2,2H3;1H2;/q;;;-1;;+1. The van der Waals surface area contributed by atoms with Crippen molar-refractivity contribution in [1.82, 2.24) is 9.97 Å². The summed E-state index contributed by atoms with van der Waals surface area (Å²) in [6, 6.07) is 7.55. The third kappa shape index (κ3) is 34.5. The summed E-state index contributed by atoms with van der Waals surface area (Å²) >= 11 is 19.3. The number of pyridine rings is 2. The summed E-state index contributed by atoms with van der Waals surface area (Å²) < 4.78 is 2.80. The Morgan fingerprint density at radius 1 is 0.971 bits per heavy atom. The van der Waals surface area contributed by atoms with Crippen LogP contribution in [0.3, 0.4) is 0 Å². The molecule has 1 unspecified atom stereocenters. The number of unbranched alkanes of at least 4 members (excludes halogenated alkanes) is 1. The molecule has 1 atom stereocenters. The first-order chi connectivity index (χ1) is 16.0. The van der Waals surface area contributed by atoms with Gasteiger partial charge in [0.2, 0.25) is 0 Å². The Morgan fingerprint density at radius 2 is 1.43 bits per heavy atom. The van der Waals surface area contributed by atoms with E-state index in [0.29, 0.717) is 18.3 Å². The molecule has 0 spiro atoms. The zero-order valence-electron chi connectivity index (χ0n) is 21.7. The number of aliphatic hydroxyl groups excluding tert-OH is 1. The van der Waals surface area contributed by atoms with E-state index in [1.165, 1.54) is 6.42 Å². The van der Waals surface area contributed by atoms with Gasteiger partial charge in [-0.3, -0.25) is 4.98 Å². The minimum absolute atomic E-state index is 0. The maximum absolute atomic E-state index is 9.70.